The average molecular weight is 273 g/mol. The van der Waals surface area contributed by atoms with Gasteiger partial charge in [-0.15, -0.1) is 0 Å². The standard InChI is InChI=1S/C13H8FN3OS/c14-8-3-5-9(6-4-8)17-12(18)11-10(16-13(17)19)2-1-7-15-11/h1-7,18H. The maximum atomic E-state index is 12.9. The number of benzene rings is 1. The largest absolute Gasteiger partial charge is 0.493 e. The summed E-state index contributed by atoms with van der Waals surface area (Å²) in [6.07, 6.45) is 1.56. The molecule has 2 heterocycles. The molecular weight excluding hydrogens is 265 g/mol. The predicted molar refractivity (Wildman–Crippen MR) is 71.3 cm³/mol. The summed E-state index contributed by atoms with van der Waals surface area (Å²) in [7, 11) is 0. The monoisotopic (exact) mass is 273 g/mol. The van der Waals surface area contributed by atoms with E-state index in [-0.39, 0.29) is 16.5 Å². The third-order valence-electron chi connectivity index (χ3n) is 2.70. The first-order valence-corrected chi connectivity index (χ1v) is 5.90. The van der Waals surface area contributed by atoms with Crippen LogP contribution in [0.5, 0.6) is 5.88 Å². The van der Waals surface area contributed by atoms with Crippen LogP contribution < -0.4 is 0 Å². The van der Waals surface area contributed by atoms with Crippen molar-refractivity contribution in [3.05, 3.63) is 53.2 Å². The molecule has 3 aromatic rings. The summed E-state index contributed by atoms with van der Waals surface area (Å²) >= 11 is 5.15. The molecule has 94 valence electrons. The van der Waals surface area contributed by atoms with Crippen LogP contribution in [0.2, 0.25) is 0 Å². The van der Waals surface area contributed by atoms with Gasteiger partial charge in [0.25, 0.3) is 0 Å². The highest BCUT2D eigenvalue weighted by Crippen LogP contribution is 2.24. The molecule has 0 aliphatic heterocycles. The van der Waals surface area contributed by atoms with Crippen LogP contribution in [0.3, 0.4) is 0 Å². The van der Waals surface area contributed by atoms with Crippen molar-refractivity contribution in [1.82, 2.24) is 14.5 Å². The molecule has 3 rings (SSSR count). The Bertz CT molecular complexity index is 814. The Balaban J connectivity index is 2.35. The zero-order valence-corrected chi connectivity index (χ0v) is 10.4. The van der Waals surface area contributed by atoms with Crippen LogP contribution in [0.4, 0.5) is 4.39 Å². The molecule has 4 nitrogen and oxygen atoms in total. The van der Waals surface area contributed by atoms with E-state index in [9.17, 15) is 9.50 Å². The van der Waals surface area contributed by atoms with E-state index in [1.165, 1.54) is 28.8 Å². The van der Waals surface area contributed by atoms with Gasteiger partial charge in [0, 0.05) is 6.20 Å². The van der Waals surface area contributed by atoms with Crippen LogP contribution in [0, 0.1) is 10.6 Å². The lowest BCUT2D eigenvalue weighted by molar-refractivity contribution is 0.441. The summed E-state index contributed by atoms with van der Waals surface area (Å²) in [5.41, 5.74) is 1.40. The minimum Gasteiger partial charge on any atom is -0.493 e. The van der Waals surface area contributed by atoms with Crippen molar-refractivity contribution in [1.29, 1.82) is 0 Å². The molecule has 0 radical (unpaired) electrons. The highest BCUT2D eigenvalue weighted by molar-refractivity contribution is 7.71. The van der Waals surface area contributed by atoms with Gasteiger partial charge in [0.1, 0.15) is 11.3 Å². The number of rotatable bonds is 1. The predicted octanol–water partition coefficient (Wildman–Crippen LogP) is 2.99. The maximum absolute atomic E-state index is 12.9. The van der Waals surface area contributed by atoms with Gasteiger partial charge in [0.15, 0.2) is 0 Å². The molecule has 0 aliphatic rings. The van der Waals surface area contributed by atoms with E-state index < -0.39 is 0 Å². The van der Waals surface area contributed by atoms with Crippen molar-refractivity contribution in [2.45, 2.75) is 0 Å². The number of halogens is 1. The molecule has 0 amide bonds. The molecule has 0 aliphatic carbocycles. The minimum atomic E-state index is -0.360. The number of pyridine rings is 1. The molecule has 2 aromatic heterocycles. The molecule has 0 bridgehead atoms. The SMILES string of the molecule is Oc1c2ncccc2nc(=S)n1-c1ccc(F)cc1. The number of aromatic hydroxyl groups is 1. The maximum Gasteiger partial charge on any atom is 0.226 e. The Hall–Kier alpha value is -2.34. The molecule has 19 heavy (non-hydrogen) atoms. The lowest BCUT2D eigenvalue weighted by Crippen LogP contribution is -2.02. The molecule has 0 atom stereocenters. The van der Waals surface area contributed by atoms with Gasteiger partial charge < -0.3 is 5.11 Å². The fourth-order valence-electron chi connectivity index (χ4n) is 1.83. The Morgan fingerprint density at radius 3 is 2.63 bits per heavy atom. The summed E-state index contributed by atoms with van der Waals surface area (Å²) in [4.78, 5) is 8.27. The molecule has 0 spiro atoms. The van der Waals surface area contributed by atoms with Gasteiger partial charge in [0.05, 0.1) is 11.2 Å². The van der Waals surface area contributed by atoms with E-state index >= 15 is 0 Å². The smallest absolute Gasteiger partial charge is 0.226 e. The van der Waals surface area contributed by atoms with E-state index in [1.54, 1.807) is 18.3 Å². The van der Waals surface area contributed by atoms with E-state index in [4.69, 9.17) is 12.2 Å². The third-order valence-corrected chi connectivity index (χ3v) is 2.98. The normalized spacial score (nSPS) is 10.8. The van der Waals surface area contributed by atoms with E-state index in [0.29, 0.717) is 16.7 Å². The lowest BCUT2D eigenvalue weighted by atomic mass is 10.3. The first-order valence-electron chi connectivity index (χ1n) is 5.49. The second kappa shape index (κ2) is 4.40. The van der Waals surface area contributed by atoms with Crippen molar-refractivity contribution in [2.75, 3.05) is 0 Å². The van der Waals surface area contributed by atoms with Crippen LogP contribution in [-0.4, -0.2) is 19.6 Å². The summed E-state index contributed by atoms with van der Waals surface area (Å²) in [6.45, 7) is 0. The fourth-order valence-corrected chi connectivity index (χ4v) is 2.12. The second-order valence-corrected chi connectivity index (χ2v) is 4.27. The van der Waals surface area contributed by atoms with Crippen molar-refractivity contribution < 1.29 is 9.50 Å². The van der Waals surface area contributed by atoms with Crippen LogP contribution >= 0.6 is 12.2 Å². The van der Waals surface area contributed by atoms with Gasteiger partial charge in [-0.1, -0.05) is 0 Å². The van der Waals surface area contributed by atoms with Crippen molar-refractivity contribution in [2.24, 2.45) is 0 Å². The lowest BCUT2D eigenvalue weighted by Gasteiger charge is -2.10. The number of fused-ring (bicyclic) bond motifs is 1. The molecular formula is C13H8FN3OS. The van der Waals surface area contributed by atoms with Gasteiger partial charge in [-0.05, 0) is 48.6 Å². The first-order chi connectivity index (χ1) is 9.16. The Morgan fingerprint density at radius 2 is 1.89 bits per heavy atom. The molecule has 0 unspecified atom stereocenters. The van der Waals surface area contributed by atoms with E-state index in [1.807, 2.05) is 0 Å². The average Bonchev–Trinajstić information content (AvgIpc) is 2.41. The van der Waals surface area contributed by atoms with Crippen LogP contribution in [0.15, 0.2) is 42.6 Å². The number of hydrogen-bond donors (Lipinski definition) is 1. The van der Waals surface area contributed by atoms with Crippen LogP contribution in [-0.2, 0) is 0 Å². The molecule has 0 saturated heterocycles. The van der Waals surface area contributed by atoms with Gasteiger partial charge in [-0.25, -0.2) is 14.4 Å². The van der Waals surface area contributed by atoms with Crippen molar-refractivity contribution in [3.8, 4) is 11.6 Å². The Kier molecular flexibility index (Phi) is 2.72. The molecule has 1 N–H and O–H groups in total. The summed E-state index contributed by atoms with van der Waals surface area (Å²) in [5.74, 6) is -0.469. The quantitative estimate of drug-likeness (QED) is 0.692. The van der Waals surface area contributed by atoms with Crippen molar-refractivity contribution in [3.63, 3.8) is 0 Å². The fraction of sp³-hybridized carbons (Fsp3) is 0. The summed E-state index contributed by atoms with van der Waals surface area (Å²) in [5, 5.41) is 10.3. The topological polar surface area (TPSA) is 50.9 Å². The Morgan fingerprint density at radius 1 is 1.16 bits per heavy atom. The van der Waals surface area contributed by atoms with Gasteiger partial charge in [-0.3, -0.25) is 4.57 Å². The number of nitrogens with zero attached hydrogens (tertiary/aromatic N) is 3. The molecule has 0 fully saturated rings. The van der Waals surface area contributed by atoms with Gasteiger partial charge >= 0.3 is 0 Å². The van der Waals surface area contributed by atoms with E-state index in [0.717, 1.165) is 0 Å². The zero-order chi connectivity index (χ0) is 13.4. The first kappa shape index (κ1) is 11.7. The van der Waals surface area contributed by atoms with Gasteiger partial charge in [-0.2, -0.15) is 0 Å². The van der Waals surface area contributed by atoms with E-state index in [2.05, 4.69) is 9.97 Å². The summed E-state index contributed by atoms with van der Waals surface area (Å²) < 4.78 is 14.5. The summed E-state index contributed by atoms with van der Waals surface area (Å²) in [6, 6.07) is 9.04. The second-order valence-electron chi connectivity index (χ2n) is 3.90. The molecule has 6 heteroatoms. The minimum absolute atomic E-state index is 0.109. The highest BCUT2D eigenvalue weighted by Gasteiger charge is 2.10. The van der Waals surface area contributed by atoms with Crippen LogP contribution in [0.25, 0.3) is 16.7 Å². The Labute approximate surface area is 112 Å². The highest BCUT2D eigenvalue weighted by atomic mass is 32.1. The van der Waals surface area contributed by atoms with Gasteiger partial charge in [0.2, 0.25) is 10.7 Å². The number of aromatic nitrogens is 3. The zero-order valence-electron chi connectivity index (χ0n) is 9.62. The number of hydrogen-bond acceptors (Lipinski definition) is 4. The third kappa shape index (κ3) is 1.96. The molecule has 0 saturated carbocycles. The van der Waals surface area contributed by atoms with Crippen molar-refractivity contribution >= 4 is 23.3 Å². The molecule has 1 aromatic carbocycles. The van der Waals surface area contributed by atoms with Crippen LogP contribution in [0.1, 0.15) is 0 Å².